The maximum atomic E-state index is 5.59. The second-order valence-corrected chi connectivity index (χ2v) is 3.85. The molecule has 1 aromatic heterocycles. The smallest absolute Gasteiger partial charge is 0.0795 e. The van der Waals surface area contributed by atoms with Crippen LogP contribution >= 0.6 is 11.3 Å². The molecule has 1 saturated heterocycles. The van der Waals surface area contributed by atoms with E-state index in [9.17, 15) is 0 Å². The van der Waals surface area contributed by atoms with Gasteiger partial charge in [0.15, 0.2) is 0 Å². The van der Waals surface area contributed by atoms with Crippen molar-refractivity contribution in [2.75, 3.05) is 13.1 Å². The average molecular weight is 183 g/mol. The molecule has 1 aromatic rings. The molecule has 1 atom stereocenters. The Kier molecular flexibility index (Phi) is 2.39. The molecule has 2 rings (SSSR count). The summed E-state index contributed by atoms with van der Waals surface area (Å²) in [7, 11) is 0. The minimum absolute atomic E-state index is 0.603. The monoisotopic (exact) mass is 183 g/mol. The Hall–Kier alpha value is -0.450. The fourth-order valence-electron chi connectivity index (χ4n) is 1.49. The molecule has 0 aliphatic carbocycles. The predicted octanol–water partition coefficient (Wildman–Crippen LogP) is 0.676. The van der Waals surface area contributed by atoms with E-state index in [1.54, 1.807) is 11.3 Å². The van der Waals surface area contributed by atoms with Gasteiger partial charge >= 0.3 is 0 Å². The van der Waals surface area contributed by atoms with Crippen LogP contribution in [0.5, 0.6) is 0 Å². The lowest BCUT2D eigenvalue weighted by molar-refractivity contribution is 0.0869. The fourth-order valence-corrected chi connectivity index (χ4v) is 2.04. The van der Waals surface area contributed by atoms with Gasteiger partial charge in [0.1, 0.15) is 0 Å². The molecule has 12 heavy (non-hydrogen) atoms. The normalized spacial score (nSPS) is 23.9. The molecule has 0 aromatic carbocycles. The summed E-state index contributed by atoms with van der Waals surface area (Å²) in [5.74, 6) is 0. The second-order valence-electron chi connectivity index (χ2n) is 3.13. The Balaban J connectivity index is 1.88. The van der Waals surface area contributed by atoms with Gasteiger partial charge < -0.3 is 5.73 Å². The molecule has 1 unspecified atom stereocenters. The largest absolute Gasteiger partial charge is 0.329 e. The molecule has 1 aliphatic rings. The molecule has 2 N–H and O–H groups in total. The van der Waals surface area contributed by atoms with E-state index in [0.29, 0.717) is 6.04 Å². The van der Waals surface area contributed by atoms with Gasteiger partial charge in [-0.25, -0.2) is 4.98 Å². The van der Waals surface area contributed by atoms with Crippen molar-refractivity contribution in [3.63, 3.8) is 0 Å². The lowest BCUT2D eigenvalue weighted by Gasteiger charge is -2.39. The molecule has 1 fully saturated rings. The third-order valence-electron chi connectivity index (χ3n) is 2.39. The van der Waals surface area contributed by atoms with Crippen molar-refractivity contribution in [2.24, 2.45) is 5.73 Å². The zero-order valence-electron chi connectivity index (χ0n) is 6.94. The van der Waals surface area contributed by atoms with Crippen LogP contribution in [0.1, 0.15) is 12.1 Å². The van der Waals surface area contributed by atoms with Gasteiger partial charge in [-0.15, -0.1) is 11.3 Å². The number of thiazole rings is 1. The van der Waals surface area contributed by atoms with E-state index in [2.05, 4.69) is 15.3 Å². The zero-order valence-corrected chi connectivity index (χ0v) is 7.76. The van der Waals surface area contributed by atoms with Gasteiger partial charge in [0, 0.05) is 31.1 Å². The molecule has 0 saturated carbocycles. The number of hydrogen-bond acceptors (Lipinski definition) is 4. The summed E-state index contributed by atoms with van der Waals surface area (Å²) in [4.78, 5) is 6.63. The Morgan fingerprint density at radius 3 is 3.17 bits per heavy atom. The van der Waals surface area contributed by atoms with E-state index in [0.717, 1.165) is 13.1 Å². The van der Waals surface area contributed by atoms with Crippen LogP contribution in [0.25, 0.3) is 0 Å². The topological polar surface area (TPSA) is 42.1 Å². The van der Waals surface area contributed by atoms with Crippen molar-refractivity contribution in [1.29, 1.82) is 0 Å². The van der Waals surface area contributed by atoms with Crippen LogP contribution in [0.3, 0.4) is 0 Å². The van der Waals surface area contributed by atoms with Gasteiger partial charge in [-0.05, 0) is 6.42 Å². The van der Waals surface area contributed by atoms with E-state index >= 15 is 0 Å². The maximum absolute atomic E-state index is 5.59. The van der Waals surface area contributed by atoms with E-state index in [1.807, 2.05) is 5.51 Å². The van der Waals surface area contributed by atoms with Crippen LogP contribution in [-0.2, 0) is 6.54 Å². The number of aromatic nitrogens is 1. The van der Waals surface area contributed by atoms with Crippen LogP contribution in [0.15, 0.2) is 10.9 Å². The van der Waals surface area contributed by atoms with Gasteiger partial charge in [0.2, 0.25) is 0 Å². The molecule has 3 nitrogen and oxygen atoms in total. The first-order chi connectivity index (χ1) is 5.90. The Labute approximate surface area is 76.2 Å². The van der Waals surface area contributed by atoms with Gasteiger partial charge in [-0.2, -0.15) is 0 Å². The quantitative estimate of drug-likeness (QED) is 0.749. The zero-order chi connectivity index (χ0) is 8.39. The fraction of sp³-hybridized carbons (Fsp3) is 0.625. The summed E-state index contributed by atoms with van der Waals surface area (Å²) in [5, 5.41) is 2.10. The molecule has 1 aliphatic heterocycles. The first kappa shape index (κ1) is 8.16. The SMILES string of the molecule is NCC1CCN1Cc1cscn1. The second kappa shape index (κ2) is 3.51. The molecule has 66 valence electrons. The summed E-state index contributed by atoms with van der Waals surface area (Å²) in [6.07, 6.45) is 1.25. The standard InChI is InChI=1S/C8H13N3S/c9-3-8-1-2-11(8)4-7-5-12-6-10-7/h5-6,8H,1-4,9H2. The molecule has 2 heterocycles. The highest BCUT2D eigenvalue weighted by Crippen LogP contribution is 2.19. The average Bonchev–Trinajstić information content (AvgIpc) is 2.51. The number of likely N-dealkylation sites (tertiary alicyclic amines) is 1. The molecular weight excluding hydrogens is 170 g/mol. The van der Waals surface area contributed by atoms with Gasteiger partial charge in [-0.3, -0.25) is 4.90 Å². The highest BCUT2D eigenvalue weighted by Gasteiger charge is 2.26. The third kappa shape index (κ3) is 1.50. The van der Waals surface area contributed by atoms with Gasteiger partial charge in [0.25, 0.3) is 0 Å². The van der Waals surface area contributed by atoms with Crippen LogP contribution in [0, 0.1) is 0 Å². The van der Waals surface area contributed by atoms with Crippen LogP contribution in [0.2, 0.25) is 0 Å². The molecule has 0 radical (unpaired) electrons. The lowest BCUT2D eigenvalue weighted by atomic mass is 10.0. The van der Waals surface area contributed by atoms with Crippen molar-refractivity contribution < 1.29 is 0 Å². The molecular formula is C8H13N3S. The highest BCUT2D eigenvalue weighted by atomic mass is 32.1. The van der Waals surface area contributed by atoms with E-state index in [1.165, 1.54) is 18.7 Å². The minimum atomic E-state index is 0.603. The summed E-state index contributed by atoms with van der Waals surface area (Å²) >= 11 is 1.66. The third-order valence-corrected chi connectivity index (χ3v) is 3.02. The van der Waals surface area contributed by atoms with Gasteiger partial charge in [-0.1, -0.05) is 0 Å². The summed E-state index contributed by atoms with van der Waals surface area (Å²) in [5.41, 5.74) is 8.65. The van der Waals surface area contributed by atoms with Crippen molar-refractivity contribution in [1.82, 2.24) is 9.88 Å². The maximum Gasteiger partial charge on any atom is 0.0795 e. The van der Waals surface area contributed by atoms with Crippen molar-refractivity contribution in [3.8, 4) is 0 Å². The van der Waals surface area contributed by atoms with Crippen molar-refractivity contribution in [3.05, 3.63) is 16.6 Å². The Bertz CT molecular complexity index is 232. The number of hydrogen-bond donors (Lipinski definition) is 1. The minimum Gasteiger partial charge on any atom is -0.329 e. The lowest BCUT2D eigenvalue weighted by Crippen LogP contribution is -2.50. The molecule has 4 heteroatoms. The van der Waals surface area contributed by atoms with E-state index < -0.39 is 0 Å². The number of nitrogens with zero attached hydrogens (tertiary/aromatic N) is 2. The summed E-state index contributed by atoms with van der Waals surface area (Å²) < 4.78 is 0. The van der Waals surface area contributed by atoms with E-state index in [-0.39, 0.29) is 0 Å². The molecule has 0 bridgehead atoms. The molecule has 0 spiro atoms. The molecule has 0 amide bonds. The Morgan fingerprint density at radius 1 is 1.75 bits per heavy atom. The summed E-state index contributed by atoms with van der Waals surface area (Å²) in [6, 6.07) is 0.603. The first-order valence-corrected chi connectivity index (χ1v) is 5.15. The van der Waals surface area contributed by atoms with Crippen LogP contribution in [-0.4, -0.2) is 29.0 Å². The predicted molar refractivity (Wildman–Crippen MR) is 50.0 cm³/mol. The number of rotatable bonds is 3. The first-order valence-electron chi connectivity index (χ1n) is 4.21. The van der Waals surface area contributed by atoms with Gasteiger partial charge in [0.05, 0.1) is 11.2 Å². The highest BCUT2D eigenvalue weighted by molar-refractivity contribution is 7.07. The number of nitrogens with two attached hydrogens (primary N) is 1. The van der Waals surface area contributed by atoms with Crippen molar-refractivity contribution in [2.45, 2.75) is 19.0 Å². The van der Waals surface area contributed by atoms with E-state index in [4.69, 9.17) is 5.73 Å². The van der Waals surface area contributed by atoms with Crippen LogP contribution < -0.4 is 5.73 Å². The Morgan fingerprint density at radius 2 is 2.67 bits per heavy atom. The summed E-state index contributed by atoms with van der Waals surface area (Å²) in [6.45, 7) is 2.94. The van der Waals surface area contributed by atoms with Crippen molar-refractivity contribution >= 4 is 11.3 Å². The van der Waals surface area contributed by atoms with Crippen LogP contribution in [0.4, 0.5) is 0 Å².